The normalized spacial score (nSPS) is 13.7. The first-order valence-electron chi connectivity index (χ1n) is 8.16. The minimum absolute atomic E-state index is 0.0624. The number of aromatic amines is 1. The Labute approximate surface area is 134 Å². The van der Waals surface area contributed by atoms with E-state index in [9.17, 15) is 4.79 Å². The standard InChI is InChI=1S/C20H19NO2/c22-20-18-9-5-4-8-16(18)17-11-10-15(12-19(17)21-20)23-13-14-6-2-1-3-7-14/h1-3,6-7,10-12H,4-5,8-9,13H2,(H,21,22). The highest BCUT2D eigenvalue weighted by Gasteiger charge is 2.16. The second-order valence-electron chi connectivity index (χ2n) is 6.10. The van der Waals surface area contributed by atoms with Crippen LogP contribution >= 0.6 is 0 Å². The zero-order valence-corrected chi connectivity index (χ0v) is 13.0. The molecule has 0 atom stereocenters. The number of aryl methyl sites for hydroxylation is 1. The van der Waals surface area contributed by atoms with Gasteiger partial charge in [0.05, 0.1) is 5.52 Å². The fourth-order valence-corrected chi connectivity index (χ4v) is 3.37. The van der Waals surface area contributed by atoms with Crippen molar-refractivity contribution < 1.29 is 4.74 Å². The van der Waals surface area contributed by atoms with Crippen molar-refractivity contribution in [2.45, 2.75) is 32.3 Å². The molecule has 0 radical (unpaired) electrons. The van der Waals surface area contributed by atoms with E-state index in [2.05, 4.69) is 11.1 Å². The largest absolute Gasteiger partial charge is 0.489 e. The molecule has 0 fully saturated rings. The van der Waals surface area contributed by atoms with Crippen LogP contribution in [0.2, 0.25) is 0 Å². The first-order valence-corrected chi connectivity index (χ1v) is 8.16. The maximum Gasteiger partial charge on any atom is 0.251 e. The lowest BCUT2D eigenvalue weighted by Gasteiger charge is -2.17. The highest BCUT2D eigenvalue weighted by Crippen LogP contribution is 2.28. The van der Waals surface area contributed by atoms with Crippen LogP contribution in [-0.4, -0.2) is 4.98 Å². The number of fused-ring (bicyclic) bond motifs is 3. The molecule has 3 aromatic rings. The first-order chi connectivity index (χ1) is 11.3. The van der Waals surface area contributed by atoms with E-state index < -0.39 is 0 Å². The average molecular weight is 305 g/mol. The summed E-state index contributed by atoms with van der Waals surface area (Å²) in [5, 5.41) is 1.16. The summed E-state index contributed by atoms with van der Waals surface area (Å²) in [6.07, 6.45) is 4.17. The Kier molecular flexibility index (Phi) is 3.62. The van der Waals surface area contributed by atoms with Gasteiger partial charge in [0.25, 0.3) is 5.56 Å². The molecule has 4 rings (SSSR count). The summed E-state index contributed by atoms with van der Waals surface area (Å²) in [7, 11) is 0. The van der Waals surface area contributed by atoms with Crippen LogP contribution in [0.15, 0.2) is 53.3 Å². The molecule has 0 saturated heterocycles. The molecular formula is C20H19NO2. The van der Waals surface area contributed by atoms with Crippen molar-refractivity contribution in [3.63, 3.8) is 0 Å². The maximum absolute atomic E-state index is 12.3. The van der Waals surface area contributed by atoms with Gasteiger partial charge in [0.1, 0.15) is 12.4 Å². The summed E-state index contributed by atoms with van der Waals surface area (Å²) in [4.78, 5) is 15.3. The molecule has 0 bridgehead atoms. The molecule has 0 spiro atoms. The SMILES string of the molecule is O=c1[nH]c2cc(OCc3ccccc3)ccc2c2c1CCCC2. The van der Waals surface area contributed by atoms with Gasteiger partial charge in [0.2, 0.25) is 0 Å². The first kappa shape index (κ1) is 14.1. The Morgan fingerprint density at radius 1 is 0.957 bits per heavy atom. The molecule has 1 aliphatic carbocycles. The third-order valence-electron chi connectivity index (χ3n) is 4.55. The summed E-state index contributed by atoms with van der Waals surface area (Å²) < 4.78 is 5.86. The monoisotopic (exact) mass is 305 g/mol. The van der Waals surface area contributed by atoms with Gasteiger partial charge >= 0.3 is 0 Å². The summed E-state index contributed by atoms with van der Waals surface area (Å²) in [6, 6.07) is 16.1. The van der Waals surface area contributed by atoms with E-state index in [1.54, 1.807) is 0 Å². The number of rotatable bonds is 3. The van der Waals surface area contributed by atoms with Crippen LogP contribution in [0.3, 0.4) is 0 Å². The van der Waals surface area contributed by atoms with Crippen molar-refractivity contribution in [1.82, 2.24) is 4.98 Å². The van der Waals surface area contributed by atoms with Crippen LogP contribution in [0.25, 0.3) is 10.9 Å². The topological polar surface area (TPSA) is 42.1 Å². The molecule has 0 saturated carbocycles. The van der Waals surface area contributed by atoms with E-state index in [1.807, 2.05) is 42.5 Å². The summed E-state index contributed by atoms with van der Waals surface area (Å²) in [5.74, 6) is 0.785. The second-order valence-corrected chi connectivity index (χ2v) is 6.10. The van der Waals surface area contributed by atoms with Gasteiger partial charge in [-0.05, 0) is 48.9 Å². The fourth-order valence-electron chi connectivity index (χ4n) is 3.37. The van der Waals surface area contributed by atoms with Crippen molar-refractivity contribution in [3.05, 3.63) is 75.6 Å². The third kappa shape index (κ3) is 2.74. The lowest BCUT2D eigenvalue weighted by molar-refractivity contribution is 0.306. The average Bonchev–Trinajstić information content (AvgIpc) is 2.61. The molecule has 23 heavy (non-hydrogen) atoms. The van der Waals surface area contributed by atoms with Crippen LogP contribution in [0, 0.1) is 0 Å². The van der Waals surface area contributed by atoms with E-state index in [0.717, 1.165) is 53.5 Å². The molecule has 2 aromatic carbocycles. The van der Waals surface area contributed by atoms with Gasteiger partial charge in [-0.2, -0.15) is 0 Å². The molecule has 1 heterocycles. The number of hydrogen-bond donors (Lipinski definition) is 1. The molecule has 3 nitrogen and oxygen atoms in total. The van der Waals surface area contributed by atoms with Gasteiger partial charge in [0, 0.05) is 17.0 Å². The number of pyridine rings is 1. The number of benzene rings is 2. The summed E-state index contributed by atoms with van der Waals surface area (Å²) in [5.41, 5.74) is 4.27. The number of ether oxygens (including phenoxy) is 1. The van der Waals surface area contributed by atoms with E-state index in [4.69, 9.17) is 4.74 Å². The van der Waals surface area contributed by atoms with Crippen LogP contribution in [0.4, 0.5) is 0 Å². The molecule has 0 unspecified atom stereocenters. The third-order valence-corrected chi connectivity index (χ3v) is 4.55. The molecule has 1 N–H and O–H groups in total. The van der Waals surface area contributed by atoms with Crippen LogP contribution in [-0.2, 0) is 19.4 Å². The van der Waals surface area contributed by atoms with Crippen molar-refractivity contribution in [2.75, 3.05) is 0 Å². The minimum Gasteiger partial charge on any atom is -0.489 e. The van der Waals surface area contributed by atoms with Crippen molar-refractivity contribution in [2.24, 2.45) is 0 Å². The zero-order valence-electron chi connectivity index (χ0n) is 13.0. The van der Waals surface area contributed by atoms with Crippen molar-refractivity contribution >= 4 is 10.9 Å². The Morgan fingerprint density at radius 3 is 2.57 bits per heavy atom. The Morgan fingerprint density at radius 2 is 1.74 bits per heavy atom. The number of hydrogen-bond acceptors (Lipinski definition) is 2. The molecule has 0 amide bonds. The van der Waals surface area contributed by atoms with Crippen LogP contribution < -0.4 is 10.3 Å². The van der Waals surface area contributed by atoms with Crippen molar-refractivity contribution in [3.8, 4) is 5.75 Å². The zero-order chi connectivity index (χ0) is 15.6. The number of nitrogens with one attached hydrogen (secondary N) is 1. The smallest absolute Gasteiger partial charge is 0.251 e. The molecule has 1 aromatic heterocycles. The van der Waals surface area contributed by atoms with Gasteiger partial charge in [-0.3, -0.25) is 4.79 Å². The lowest BCUT2D eigenvalue weighted by Crippen LogP contribution is -2.19. The van der Waals surface area contributed by atoms with Gasteiger partial charge < -0.3 is 9.72 Å². The maximum atomic E-state index is 12.3. The fraction of sp³-hybridized carbons (Fsp3) is 0.250. The highest BCUT2D eigenvalue weighted by atomic mass is 16.5. The quantitative estimate of drug-likeness (QED) is 0.795. The number of aromatic nitrogens is 1. The van der Waals surface area contributed by atoms with Crippen LogP contribution in [0.5, 0.6) is 5.75 Å². The molecule has 3 heteroatoms. The van der Waals surface area contributed by atoms with Gasteiger partial charge in [0.15, 0.2) is 0 Å². The summed E-state index contributed by atoms with van der Waals surface area (Å²) >= 11 is 0. The van der Waals surface area contributed by atoms with E-state index >= 15 is 0 Å². The van der Waals surface area contributed by atoms with Crippen LogP contribution in [0.1, 0.15) is 29.5 Å². The Balaban J connectivity index is 1.67. The minimum atomic E-state index is 0.0624. The molecule has 1 aliphatic rings. The summed E-state index contributed by atoms with van der Waals surface area (Å²) in [6.45, 7) is 0.529. The van der Waals surface area contributed by atoms with Gasteiger partial charge in [-0.25, -0.2) is 0 Å². The number of H-pyrrole nitrogens is 1. The molecule has 0 aliphatic heterocycles. The van der Waals surface area contributed by atoms with E-state index in [-0.39, 0.29) is 5.56 Å². The van der Waals surface area contributed by atoms with Crippen molar-refractivity contribution in [1.29, 1.82) is 0 Å². The predicted octanol–water partition coefficient (Wildman–Crippen LogP) is 3.99. The van der Waals surface area contributed by atoms with Gasteiger partial charge in [-0.1, -0.05) is 30.3 Å². The van der Waals surface area contributed by atoms with E-state index in [1.165, 1.54) is 5.56 Å². The predicted molar refractivity (Wildman–Crippen MR) is 92.0 cm³/mol. The molecule has 116 valence electrons. The highest BCUT2D eigenvalue weighted by molar-refractivity contribution is 5.84. The second kappa shape index (κ2) is 5.92. The van der Waals surface area contributed by atoms with E-state index in [0.29, 0.717) is 6.61 Å². The Hall–Kier alpha value is -2.55. The van der Waals surface area contributed by atoms with Gasteiger partial charge in [-0.15, -0.1) is 0 Å². The lowest BCUT2D eigenvalue weighted by atomic mass is 9.90. The Bertz CT molecular complexity index is 897. The molecular weight excluding hydrogens is 286 g/mol.